The van der Waals surface area contributed by atoms with Gasteiger partial charge in [0.15, 0.2) is 0 Å². The molecule has 0 aliphatic carbocycles. The lowest BCUT2D eigenvalue weighted by Crippen LogP contribution is -2.10. The molecule has 96 valence electrons. The average molecular weight is 305 g/mol. The molecule has 0 saturated heterocycles. The summed E-state index contributed by atoms with van der Waals surface area (Å²) in [6.07, 6.45) is 0. The maximum Gasteiger partial charge on any atom is 0.441 e. The molecule has 1 rings (SSSR count). The van der Waals surface area contributed by atoms with Gasteiger partial charge in [0.2, 0.25) is 0 Å². The summed E-state index contributed by atoms with van der Waals surface area (Å²) in [5.41, 5.74) is 2.22. The van der Waals surface area contributed by atoms with Gasteiger partial charge in [-0.25, -0.2) is 0 Å². The molecule has 0 bridgehead atoms. The number of hydrogen-bond acceptors (Lipinski definition) is 3. The van der Waals surface area contributed by atoms with Gasteiger partial charge < -0.3 is 11.1 Å². The molecule has 0 saturated carbocycles. The molecule has 0 spiro atoms. The SMILES string of the molecule is Nc1cc(Cl)c(Cl)cc1NCCSC(F)(F)F. The highest BCUT2D eigenvalue weighted by atomic mass is 35.5. The van der Waals surface area contributed by atoms with Crippen LogP contribution in [-0.4, -0.2) is 17.8 Å². The predicted octanol–water partition coefficient (Wildman–Crippen LogP) is 4.24. The van der Waals surface area contributed by atoms with Gasteiger partial charge >= 0.3 is 5.51 Å². The van der Waals surface area contributed by atoms with E-state index in [0.29, 0.717) is 21.4 Å². The Bertz CT molecular complexity index is 399. The van der Waals surface area contributed by atoms with Gasteiger partial charge in [0.05, 0.1) is 21.4 Å². The number of rotatable bonds is 4. The minimum Gasteiger partial charge on any atom is -0.397 e. The third-order valence-electron chi connectivity index (χ3n) is 1.78. The van der Waals surface area contributed by atoms with E-state index in [0.717, 1.165) is 0 Å². The number of hydrogen-bond donors (Lipinski definition) is 2. The van der Waals surface area contributed by atoms with Gasteiger partial charge in [0.1, 0.15) is 0 Å². The van der Waals surface area contributed by atoms with Crippen molar-refractivity contribution in [3.05, 3.63) is 22.2 Å². The smallest absolute Gasteiger partial charge is 0.397 e. The summed E-state index contributed by atoms with van der Waals surface area (Å²) in [5.74, 6) is -0.108. The van der Waals surface area contributed by atoms with E-state index in [1.54, 1.807) is 0 Å². The van der Waals surface area contributed by atoms with Crippen LogP contribution in [0.5, 0.6) is 0 Å². The Hall–Kier alpha value is -0.460. The Balaban J connectivity index is 2.50. The number of nitrogens with two attached hydrogens (primary N) is 1. The molecule has 0 radical (unpaired) electrons. The summed E-state index contributed by atoms with van der Waals surface area (Å²) in [6, 6.07) is 2.93. The molecule has 1 aromatic carbocycles. The lowest BCUT2D eigenvalue weighted by Gasteiger charge is -2.11. The second-order valence-corrected chi connectivity index (χ2v) is 5.05. The number of benzene rings is 1. The summed E-state index contributed by atoms with van der Waals surface area (Å²) >= 11 is 11.4. The molecule has 1 aromatic rings. The average Bonchev–Trinajstić information content (AvgIpc) is 2.18. The van der Waals surface area contributed by atoms with Crippen LogP contribution in [0.3, 0.4) is 0 Å². The van der Waals surface area contributed by atoms with E-state index in [1.165, 1.54) is 12.1 Å². The van der Waals surface area contributed by atoms with E-state index in [-0.39, 0.29) is 24.1 Å². The number of alkyl halides is 3. The van der Waals surface area contributed by atoms with Crippen LogP contribution in [0.15, 0.2) is 12.1 Å². The van der Waals surface area contributed by atoms with Gasteiger partial charge in [0, 0.05) is 12.3 Å². The first kappa shape index (κ1) is 14.6. The molecule has 3 N–H and O–H groups in total. The van der Waals surface area contributed by atoms with Gasteiger partial charge in [-0.3, -0.25) is 0 Å². The number of thioether (sulfide) groups is 1. The molecule has 0 aromatic heterocycles. The van der Waals surface area contributed by atoms with Gasteiger partial charge in [-0.05, 0) is 23.9 Å². The third-order valence-corrected chi connectivity index (χ3v) is 3.23. The highest BCUT2D eigenvalue weighted by Gasteiger charge is 2.27. The van der Waals surface area contributed by atoms with Crippen molar-refractivity contribution in [2.75, 3.05) is 23.3 Å². The normalized spacial score (nSPS) is 11.6. The summed E-state index contributed by atoms with van der Waals surface area (Å²) < 4.78 is 35.5. The molecule has 8 heteroatoms. The van der Waals surface area contributed by atoms with E-state index in [1.807, 2.05) is 0 Å². The van der Waals surface area contributed by atoms with E-state index in [9.17, 15) is 13.2 Å². The van der Waals surface area contributed by atoms with Crippen LogP contribution in [0.2, 0.25) is 10.0 Å². The lowest BCUT2D eigenvalue weighted by molar-refractivity contribution is -0.0327. The second-order valence-electron chi connectivity index (χ2n) is 3.07. The Labute approximate surface area is 111 Å². The van der Waals surface area contributed by atoms with Gasteiger partial charge in [-0.15, -0.1) is 0 Å². The molecule has 0 amide bonds. The van der Waals surface area contributed by atoms with Crippen molar-refractivity contribution < 1.29 is 13.2 Å². The molecular weight excluding hydrogens is 296 g/mol. The van der Waals surface area contributed by atoms with Crippen molar-refractivity contribution in [2.24, 2.45) is 0 Å². The Kier molecular flexibility index (Phi) is 5.09. The van der Waals surface area contributed by atoms with Crippen LogP contribution in [0.25, 0.3) is 0 Å². The maximum atomic E-state index is 11.8. The maximum absolute atomic E-state index is 11.8. The summed E-state index contributed by atoms with van der Waals surface area (Å²) in [7, 11) is 0. The first-order valence-electron chi connectivity index (χ1n) is 4.48. The molecule has 0 fully saturated rings. The zero-order valence-electron chi connectivity index (χ0n) is 8.44. The van der Waals surface area contributed by atoms with E-state index in [4.69, 9.17) is 28.9 Å². The van der Waals surface area contributed by atoms with Crippen molar-refractivity contribution >= 4 is 46.3 Å². The molecule has 0 unspecified atom stereocenters. The lowest BCUT2D eigenvalue weighted by atomic mass is 10.2. The van der Waals surface area contributed by atoms with Gasteiger partial charge in [-0.2, -0.15) is 13.2 Å². The van der Waals surface area contributed by atoms with Crippen LogP contribution in [0.1, 0.15) is 0 Å². The van der Waals surface area contributed by atoms with Crippen molar-refractivity contribution in [2.45, 2.75) is 5.51 Å². The number of anilines is 2. The van der Waals surface area contributed by atoms with Crippen molar-refractivity contribution in [3.8, 4) is 0 Å². The highest BCUT2D eigenvalue weighted by molar-refractivity contribution is 8.00. The Morgan fingerprint density at radius 1 is 1.24 bits per heavy atom. The minimum atomic E-state index is -4.22. The Morgan fingerprint density at radius 2 is 1.82 bits per heavy atom. The predicted molar refractivity (Wildman–Crippen MR) is 67.9 cm³/mol. The molecule has 0 aliphatic rings. The standard InChI is InChI=1S/C9H9Cl2F3N2S/c10-5-3-7(15)8(4-6(5)11)16-1-2-17-9(12,13)14/h3-4,16H,1-2,15H2. The molecule has 2 nitrogen and oxygen atoms in total. The Morgan fingerprint density at radius 3 is 2.41 bits per heavy atom. The first-order valence-corrected chi connectivity index (χ1v) is 6.23. The topological polar surface area (TPSA) is 38.0 Å². The number of halogens is 5. The van der Waals surface area contributed by atoms with E-state index in [2.05, 4.69) is 5.32 Å². The summed E-state index contributed by atoms with van der Waals surface area (Å²) in [5, 5.41) is 3.37. The molecule has 17 heavy (non-hydrogen) atoms. The monoisotopic (exact) mass is 304 g/mol. The van der Waals surface area contributed by atoms with E-state index >= 15 is 0 Å². The highest BCUT2D eigenvalue weighted by Crippen LogP contribution is 2.32. The van der Waals surface area contributed by atoms with Crippen molar-refractivity contribution in [1.29, 1.82) is 0 Å². The summed E-state index contributed by atoms with van der Waals surface area (Å²) in [6.45, 7) is 0.131. The van der Waals surface area contributed by atoms with Gasteiger partial charge in [0.25, 0.3) is 0 Å². The summed E-state index contributed by atoms with van der Waals surface area (Å²) in [4.78, 5) is 0. The van der Waals surface area contributed by atoms with Crippen molar-refractivity contribution in [1.82, 2.24) is 0 Å². The fourth-order valence-corrected chi connectivity index (χ4v) is 1.84. The molecule has 0 atom stereocenters. The first-order chi connectivity index (χ1) is 7.79. The fraction of sp³-hybridized carbons (Fsp3) is 0.333. The second kappa shape index (κ2) is 5.93. The number of nitrogens with one attached hydrogen (secondary N) is 1. The molecular formula is C9H9Cl2F3N2S. The molecule has 0 heterocycles. The zero-order valence-corrected chi connectivity index (χ0v) is 10.8. The quantitative estimate of drug-likeness (QED) is 0.645. The number of nitrogen functional groups attached to an aromatic ring is 1. The van der Waals surface area contributed by atoms with Crippen LogP contribution < -0.4 is 11.1 Å². The largest absolute Gasteiger partial charge is 0.441 e. The molecule has 0 aliphatic heterocycles. The van der Waals surface area contributed by atoms with Crippen LogP contribution in [0.4, 0.5) is 24.5 Å². The van der Waals surface area contributed by atoms with Crippen LogP contribution >= 0.6 is 35.0 Å². The van der Waals surface area contributed by atoms with Crippen molar-refractivity contribution in [3.63, 3.8) is 0 Å². The fourth-order valence-electron chi connectivity index (χ4n) is 1.07. The minimum absolute atomic E-state index is 0.0963. The van der Waals surface area contributed by atoms with Gasteiger partial charge in [-0.1, -0.05) is 23.2 Å². The third kappa shape index (κ3) is 5.14. The van der Waals surface area contributed by atoms with Crippen LogP contribution in [0, 0.1) is 0 Å². The van der Waals surface area contributed by atoms with Crippen LogP contribution in [-0.2, 0) is 0 Å². The zero-order chi connectivity index (χ0) is 13.1. The van der Waals surface area contributed by atoms with E-state index < -0.39 is 5.51 Å².